The molecule has 0 aromatic carbocycles. The molecule has 0 N–H and O–H groups in total. The fourth-order valence-corrected chi connectivity index (χ4v) is 1.62. The van der Waals surface area contributed by atoms with Crippen LogP contribution in [-0.2, 0) is 0 Å². The van der Waals surface area contributed by atoms with E-state index in [0.717, 1.165) is 22.3 Å². The normalized spacial score (nSPS) is 10.6. The summed E-state index contributed by atoms with van der Waals surface area (Å²) >= 11 is 0. The van der Waals surface area contributed by atoms with Crippen LogP contribution in [0.2, 0.25) is 0 Å². The van der Waals surface area contributed by atoms with E-state index in [0.29, 0.717) is 5.82 Å². The van der Waals surface area contributed by atoms with Gasteiger partial charge in [-0.15, -0.1) is 10.2 Å². The highest BCUT2D eigenvalue weighted by Gasteiger charge is 2.06. The van der Waals surface area contributed by atoms with Crippen molar-refractivity contribution in [3.8, 4) is 11.4 Å². The molecule has 0 aliphatic rings. The highest BCUT2D eigenvalue weighted by molar-refractivity contribution is 5.77. The molecule has 0 aliphatic heterocycles. The standard InChI is InChI=1S/C12H9N5/c1-8-11-10(4-7-14-8)16-17-12(15-11)9-2-5-13-6-3-9/h2-7H,1H3. The molecule has 5 nitrogen and oxygen atoms in total. The van der Waals surface area contributed by atoms with Crippen LogP contribution in [0.3, 0.4) is 0 Å². The summed E-state index contributed by atoms with van der Waals surface area (Å²) in [5.74, 6) is 0.594. The first-order valence-electron chi connectivity index (χ1n) is 5.21. The maximum Gasteiger partial charge on any atom is 0.182 e. The summed E-state index contributed by atoms with van der Waals surface area (Å²) in [7, 11) is 0. The van der Waals surface area contributed by atoms with Crippen molar-refractivity contribution >= 4 is 11.0 Å². The van der Waals surface area contributed by atoms with E-state index < -0.39 is 0 Å². The van der Waals surface area contributed by atoms with Crippen molar-refractivity contribution in [2.75, 3.05) is 0 Å². The molecule has 0 bridgehead atoms. The number of aryl methyl sites for hydroxylation is 1. The Balaban J connectivity index is 2.23. The smallest absolute Gasteiger partial charge is 0.182 e. The Hall–Kier alpha value is -2.43. The average molecular weight is 223 g/mol. The van der Waals surface area contributed by atoms with Gasteiger partial charge >= 0.3 is 0 Å². The van der Waals surface area contributed by atoms with E-state index in [9.17, 15) is 0 Å². The lowest BCUT2D eigenvalue weighted by molar-refractivity contribution is 1.02. The molecule has 0 aliphatic carbocycles. The molecule has 3 heterocycles. The Morgan fingerprint density at radius 1 is 0.941 bits per heavy atom. The first-order valence-corrected chi connectivity index (χ1v) is 5.21. The minimum atomic E-state index is 0.594. The zero-order valence-electron chi connectivity index (χ0n) is 9.20. The van der Waals surface area contributed by atoms with Crippen molar-refractivity contribution in [3.05, 3.63) is 42.5 Å². The molecule has 3 aromatic heterocycles. The number of rotatable bonds is 1. The topological polar surface area (TPSA) is 64.5 Å². The van der Waals surface area contributed by atoms with Crippen molar-refractivity contribution in [1.29, 1.82) is 0 Å². The molecule has 17 heavy (non-hydrogen) atoms. The molecule has 0 atom stereocenters. The SMILES string of the molecule is Cc1nccc2nnc(-c3ccncc3)nc12. The van der Waals surface area contributed by atoms with Crippen molar-refractivity contribution in [1.82, 2.24) is 25.1 Å². The van der Waals surface area contributed by atoms with Gasteiger partial charge in [0.2, 0.25) is 0 Å². The summed E-state index contributed by atoms with van der Waals surface area (Å²) in [6.45, 7) is 1.91. The number of nitrogens with zero attached hydrogens (tertiary/aromatic N) is 5. The predicted octanol–water partition coefficient (Wildman–Crippen LogP) is 1.79. The molecule has 0 fully saturated rings. The van der Waals surface area contributed by atoms with Crippen LogP contribution in [0.15, 0.2) is 36.8 Å². The largest absolute Gasteiger partial charge is 0.265 e. The van der Waals surface area contributed by atoms with E-state index in [1.807, 2.05) is 19.1 Å². The molecule has 0 radical (unpaired) electrons. The van der Waals surface area contributed by atoms with Gasteiger partial charge in [0, 0.05) is 24.2 Å². The van der Waals surface area contributed by atoms with Crippen LogP contribution in [0.1, 0.15) is 5.69 Å². The third-order valence-corrected chi connectivity index (χ3v) is 2.49. The van der Waals surface area contributed by atoms with Gasteiger partial charge in [-0.25, -0.2) is 4.98 Å². The zero-order chi connectivity index (χ0) is 11.7. The quantitative estimate of drug-likeness (QED) is 0.629. The predicted molar refractivity (Wildman–Crippen MR) is 63.1 cm³/mol. The van der Waals surface area contributed by atoms with E-state index >= 15 is 0 Å². The fourth-order valence-electron chi connectivity index (χ4n) is 1.62. The Morgan fingerprint density at radius 2 is 1.76 bits per heavy atom. The van der Waals surface area contributed by atoms with Gasteiger partial charge in [0.15, 0.2) is 5.82 Å². The van der Waals surface area contributed by atoms with Crippen LogP contribution >= 0.6 is 0 Å². The Labute approximate surface area is 97.6 Å². The van der Waals surface area contributed by atoms with Crippen LogP contribution in [0.4, 0.5) is 0 Å². The maximum atomic E-state index is 4.48. The molecule has 5 heteroatoms. The molecule has 0 unspecified atom stereocenters. The van der Waals surface area contributed by atoms with Crippen LogP contribution in [0, 0.1) is 6.92 Å². The molecule has 0 saturated heterocycles. The van der Waals surface area contributed by atoms with Gasteiger partial charge in [0.05, 0.1) is 5.69 Å². The first-order chi connectivity index (χ1) is 8.34. The average Bonchev–Trinajstić information content (AvgIpc) is 2.40. The highest BCUT2D eigenvalue weighted by Crippen LogP contribution is 2.16. The Morgan fingerprint density at radius 3 is 2.59 bits per heavy atom. The fraction of sp³-hybridized carbons (Fsp3) is 0.0833. The summed E-state index contributed by atoms with van der Waals surface area (Å²) in [6, 6.07) is 5.52. The summed E-state index contributed by atoms with van der Waals surface area (Å²) in [5, 5.41) is 8.25. The van der Waals surface area contributed by atoms with Gasteiger partial charge in [-0.1, -0.05) is 0 Å². The minimum absolute atomic E-state index is 0.594. The zero-order valence-corrected chi connectivity index (χ0v) is 9.20. The minimum Gasteiger partial charge on any atom is -0.265 e. The lowest BCUT2D eigenvalue weighted by Crippen LogP contribution is -1.96. The number of hydrogen-bond donors (Lipinski definition) is 0. The van der Waals surface area contributed by atoms with E-state index in [1.165, 1.54) is 0 Å². The van der Waals surface area contributed by atoms with Gasteiger partial charge in [-0.05, 0) is 25.1 Å². The summed E-state index contributed by atoms with van der Waals surface area (Å²) < 4.78 is 0. The first kappa shape index (κ1) is 9.77. The van der Waals surface area contributed by atoms with Gasteiger partial charge in [0.1, 0.15) is 11.0 Å². The third-order valence-electron chi connectivity index (χ3n) is 2.49. The van der Waals surface area contributed by atoms with E-state index in [1.54, 1.807) is 24.7 Å². The Bertz CT molecular complexity index is 666. The van der Waals surface area contributed by atoms with Crippen LogP contribution in [0.25, 0.3) is 22.4 Å². The second-order valence-corrected chi connectivity index (χ2v) is 3.64. The molecular weight excluding hydrogens is 214 g/mol. The van der Waals surface area contributed by atoms with Crippen LogP contribution in [-0.4, -0.2) is 25.1 Å². The van der Waals surface area contributed by atoms with Gasteiger partial charge in [0.25, 0.3) is 0 Å². The van der Waals surface area contributed by atoms with Crippen molar-refractivity contribution in [2.24, 2.45) is 0 Å². The van der Waals surface area contributed by atoms with Crippen molar-refractivity contribution in [3.63, 3.8) is 0 Å². The molecular formula is C12H9N5. The molecule has 3 aromatic rings. The maximum absolute atomic E-state index is 4.48. The molecule has 82 valence electrons. The number of aromatic nitrogens is 5. The third kappa shape index (κ3) is 1.71. The lowest BCUT2D eigenvalue weighted by atomic mass is 10.2. The monoisotopic (exact) mass is 223 g/mol. The van der Waals surface area contributed by atoms with E-state index in [4.69, 9.17) is 0 Å². The summed E-state index contributed by atoms with van der Waals surface area (Å²) in [5.41, 5.74) is 3.30. The molecule has 0 spiro atoms. The Kier molecular flexibility index (Phi) is 2.22. The van der Waals surface area contributed by atoms with Crippen LogP contribution < -0.4 is 0 Å². The van der Waals surface area contributed by atoms with E-state index in [-0.39, 0.29) is 0 Å². The van der Waals surface area contributed by atoms with Gasteiger partial charge in [-0.3, -0.25) is 9.97 Å². The number of hydrogen-bond acceptors (Lipinski definition) is 5. The molecule has 0 saturated carbocycles. The summed E-state index contributed by atoms with van der Waals surface area (Å²) in [6.07, 6.45) is 5.12. The second kappa shape index (κ2) is 3.86. The van der Waals surface area contributed by atoms with Gasteiger partial charge < -0.3 is 0 Å². The second-order valence-electron chi connectivity index (χ2n) is 3.64. The lowest BCUT2D eigenvalue weighted by Gasteiger charge is -2.02. The highest BCUT2D eigenvalue weighted by atomic mass is 15.2. The number of pyridine rings is 2. The molecule has 3 rings (SSSR count). The number of fused-ring (bicyclic) bond motifs is 1. The van der Waals surface area contributed by atoms with Crippen molar-refractivity contribution in [2.45, 2.75) is 6.92 Å². The van der Waals surface area contributed by atoms with Gasteiger partial charge in [-0.2, -0.15) is 0 Å². The van der Waals surface area contributed by atoms with Crippen molar-refractivity contribution < 1.29 is 0 Å². The van der Waals surface area contributed by atoms with Crippen LogP contribution in [0.5, 0.6) is 0 Å². The molecule has 0 amide bonds. The summed E-state index contributed by atoms with van der Waals surface area (Å²) in [4.78, 5) is 12.6. The van der Waals surface area contributed by atoms with E-state index in [2.05, 4.69) is 25.1 Å².